The van der Waals surface area contributed by atoms with Crippen molar-refractivity contribution in [2.24, 2.45) is 0 Å². The summed E-state index contributed by atoms with van der Waals surface area (Å²) in [6, 6.07) is 11.5. The van der Waals surface area contributed by atoms with Gasteiger partial charge in [0.05, 0.1) is 23.6 Å². The molecule has 1 N–H and O–H groups in total. The molecule has 1 heterocycles. The van der Waals surface area contributed by atoms with Crippen LogP contribution in [0.25, 0.3) is 0 Å². The van der Waals surface area contributed by atoms with Crippen molar-refractivity contribution >= 4 is 17.5 Å². The van der Waals surface area contributed by atoms with E-state index in [1.807, 2.05) is 0 Å². The fraction of sp³-hybridized carbons (Fsp3) is 0.417. The number of halogens is 3. The quantitative estimate of drug-likeness (QED) is 0.715. The number of rotatable bonds is 5. The smallest absolute Gasteiger partial charge is 0.383 e. The van der Waals surface area contributed by atoms with Crippen LogP contribution in [0.1, 0.15) is 53.1 Å². The molecule has 0 bridgehead atoms. The first-order chi connectivity index (χ1) is 15.3. The van der Waals surface area contributed by atoms with Gasteiger partial charge in [0.2, 0.25) is 5.91 Å². The zero-order valence-corrected chi connectivity index (χ0v) is 17.7. The summed E-state index contributed by atoms with van der Waals surface area (Å²) in [7, 11) is 1.57. The van der Waals surface area contributed by atoms with Gasteiger partial charge in [0.25, 0.3) is 5.91 Å². The fourth-order valence-electron chi connectivity index (χ4n) is 5.13. The van der Waals surface area contributed by atoms with E-state index in [2.05, 4.69) is 5.32 Å². The minimum Gasteiger partial charge on any atom is -0.383 e. The molecule has 2 aromatic carbocycles. The van der Waals surface area contributed by atoms with E-state index in [1.165, 1.54) is 12.1 Å². The highest BCUT2D eigenvalue weighted by molar-refractivity contribution is 6.05. The lowest BCUT2D eigenvalue weighted by atomic mass is 9.71. The van der Waals surface area contributed by atoms with E-state index < -0.39 is 23.2 Å². The van der Waals surface area contributed by atoms with Gasteiger partial charge in [-0.15, -0.1) is 0 Å². The molecule has 1 unspecified atom stereocenters. The molecule has 0 aromatic heterocycles. The lowest BCUT2D eigenvalue weighted by Gasteiger charge is -2.50. The third-order valence-electron chi connectivity index (χ3n) is 6.55. The van der Waals surface area contributed by atoms with Crippen LogP contribution < -0.4 is 5.32 Å². The number of hydrogen-bond donors (Lipinski definition) is 1. The van der Waals surface area contributed by atoms with E-state index in [0.29, 0.717) is 37.1 Å². The maximum absolute atomic E-state index is 13.6. The van der Waals surface area contributed by atoms with Gasteiger partial charge in [-0.3, -0.25) is 9.59 Å². The predicted octanol–water partition coefficient (Wildman–Crippen LogP) is 4.84. The van der Waals surface area contributed by atoms with Crippen LogP contribution in [0.5, 0.6) is 0 Å². The third-order valence-corrected chi connectivity index (χ3v) is 6.55. The summed E-state index contributed by atoms with van der Waals surface area (Å²) >= 11 is 0. The van der Waals surface area contributed by atoms with Crippen molar-refractivity contribution < 1.29 is 27.5 Å². The molecule has 32 heavy (non-hydrogen) atoms. The summed E-state index contributed by atoms with van der Waals surface area (Å²) in [4.78, 5) is 28.8. The molecule has 5 nitrogen and oxygen atoms in total. The fourth-order valence-corrected chi connectivity index (χ4v) is 5.13. The third kappa shape index (κ3) is 3.88. The SMILES string of the molecule is COCCN1C(=O)c2ccccc2C(C(=O)Nc2ccc(C(F)(F)F)cc2)C12CCCC2. The summed E-state index contributed by atoms with van der Waals surface area (Å²) in [6.07, 6.45) is -1.29. The molecule has 170 valence electrons. The molecule has 1 spiro atoms. The topological polar surface area (TPSA) is 58.6 Å². The zero-order chi connectivity index (χ0) is 22.9. The van der Waals surface area contributed by atoms with Gasteiger partial charge in [-0.05, 0) is 48.7 Å². The molecule has 1 aliphatic heterocycles. The molecule has 1 aliphatic carbocycles. The Morgan fingerprint density at radius 1 is 1.12 bits per heavy atom. The van der Waals surface area contributed by atoms with Crippen LogP contribution >= 0.6 is 0 Å². The van der Waals surface area contributed by atoms with Crippen LogP contribution in [0.15, 0.2) is 48.5 Å². The van der Waals surface area contributed by atoms with E-state index in [4.69, 9.17) is 4.74 Å². The first-order valence-electron chi connectivity index (χ1n) is 10.7. The van der Waals surface area contributed by atoms with Crippen molar-refractivity contribution in [3.63, 3.8) is 0 Å². The van der Waals surface area contributed by atoms with Crippen molar-refractivity contribution in [1.82, 2.24) is 4.90 Å². The standard InChI is InChI=1S/C24H25F3N2O3/c1-32-15-14-29-22(31)19-7-3-2-6-18(19)20(23(29)12-4-5-13-23)21(30)28-17-10-8-16(9-11-17)24(25,26)27/h2-3,6-11,20H,4-5,12-15H2,1H3,(H,28,30). The number of ether oxygens (including phenoxy) is 1. The van der Waals surface area contributed by atoms with Crippen molar-refractivity contribution in [3.8, 4) is 0 Å². The number of amides is 2. The van der Waals surface area contributed by atoms with Gasteiger partial charge in [0.15, 0.2) is 0 Å². The summed E-state index contributed by atoms with van der Waals surface area (Å²) in [5.74, 6) is -1.06. The molecule has 2 amide bonds. The van der Waals surface area contributed by atoms with Gasteiger partial charge in [-0.25, -0.2) is 0 Å². The van der Waals surface area contributed by atoms with Gasteiger partial charge < -0.3 is 15.0 Å². The Morgan fingerprint density at radius 3 is 2.41 bits per heavy atom. The molecule has 1 atom stereocenters. The highest BCUT2D eigenvalue weighted by Crippen LogP contribution is 2.50. The maximum Gasteiger partial charge on any atom is 0.416 e. The normalized spacial score (nSPS) is 19.8. The average Bonchev–Trinajstić information content (AvgIpc) is 3.23. The highest BCUT2D eigenvalue weighted by atomic mass is 19.4. The summed E-state index contributed by atoms with van der Waals surface area (Å²) < 4.78 is 43.9. The van der Waals surface area contributed by atoms with Crippen LogP contribution in [-0.4, -0.2) is 42.5 Å². The zero-order valence-electron chi connectivity index (χ0n) is 17.7. The van der Waals surface area contributed by atoms with E-state index in [9.17, 15) is 22.8 Å². The molecule has 4 rings (SSSR count). The maximum atomic E-state index is 13.6. The summed E-state index contributed by atoms with van der Waals surface area (Å²) in [6.45, 7) is 0.719. The van der Waals surface area contributed by atoms with Crippen LogP contribution in [-0.2, 0) is 15.7 Å². The van der Waals surface area contributed by atoms with Crippen LogP contribution in [0, 0.1) is 0 Å². The van der Waals surface area contributed by atoms with Crippen molar-refractivity contribution in [1.29, 1.82) is 0 Å². The van der Waals surface area contributed by atoms with Crippen molar-refractivity contribution in [2.75, 3.05) is 25.6 Å². The Kier molecular flexibility index (Phi) is 5.99. The number of carbonyl (C=O) groups excluding carboxylic acids is 2. The van der Waals surface area contributed by atoms with Gasteiger partial charge in [-0.2, -0.15) is 13.2 Å². The number of nitrogens with one attached hydrogen (secondary N) is 1. The van der Waals surface area contributed by atoms with Gasteiger partial charge in [0.1, 0.15) is 0 Å². The van der Waals surface area contributed by atoms with E-state index in [1.54, 1.807) is 36.3 Å². The minimum absolute atomic E-state index is 0.113. The van der Waals surface area contributed by atoms with E-state index in [-0.39, 0.29) is 17.5 Å². The van der Waals surface area contributed by atoms with Crippen molar-refractivity contribution in [3.05, 3.63) is 65.2 Å². The number of anilines is 1. The van der Waals surface area contributed by atoms with Crippen LogP contribution in [0.4, 0.5) is 18.9 Å². The monoisotopic (exact) mass is 446 g/mol. The Morgan fingerprint density at radius 2 is 1.78 bits per heavy atom. The number of benzene rings is 2. The molecule has 8 heteroatoms. The molecule has 1 fully saturated rings. The van der Waals surface area contributed by atoms with Crippen LogP contribution in [0.2, 0.25) is 0 Å². The lowest BCUT2D eigenvalue weighted by Crippen LogP contribution is -2.60. The Hall–Kier alpha value is -2.87. The lowest BCUT2D eigenvalue weighted by molar-refractivity contribution is -0.137. The number of fused-ring (bicyclic) bond motifs is 1. The summed E-state index contributed by atoms with van der Waals surface area (Å²) in [5.41, 5.74) is -0.0257. The Labute approximate surface area is 184 Å². The predicted molar refractivity (Wildman–Crippen MR) is 113 cm³/mol. The first-order valence-corrected chi connectivity index (χ1v) is 10.7. The van der Waals surface area contributed by atoms with E-state index >= 15 is 0 Å². The summed E-state index contributed by atoms with van der Waals surface area (Å²) in [5, 5.41) is 2.80. The second-order valence-corrected chi connectivity index (χ2v) is 8.34. The molecular weight excluding hydrogens is 421 g/mol. The number of carbonyl (C=O) groups is 2. The first kappa shape index (κ1) is 22.3. The largest absolute Gasteiger partial charge is 0.416 e. The number of hydrogen-bond acceptors (Lipinski definition) is 3. The Bertz CT molecular complexity index is 998. The number of nitrogens with zero attached hydrogens (tertiary/aromatic N) is 1. The van der Waals surface area contributed by atoms with E-state index in [0.717, 1.165) is 25.0 Å². The molecule has 1 saturated carbocycles. The number of methoxy groups -OCH3 is 1. The molecule has 0 saturated heterocycles. The highest BCUT2D eigenvalue weighted by Gasteiger charge is 2.55. The van der Waals surface area contributed by atoms with Gasteiger partial charge in [-0.1, -0.05) is 31.0 Å². The van der Waals surface area contributed by atoms with Gasteiger partial charge in [0, 0.05) is 24.9 Å². The van der Waals surface area contributed by atoms with Gasteiger partial charge >= 0.3 is 6.18 Å². The second kappa shape index (κ2) is 8.58. The van der Waals surface area contributed by atoms with Crippen LogP contribution in [0.3, 0.4) is 0 Å². The second-order valence-electron chi connectivity index (χ2n) is 8.34. The Balaban J connectivity index is 1.72. The molecule has 2 aliphatic rings. The molecular formula is C24H25F3N2O3. The minimum atomic E-state index is -4.44. The molecule has 0 radical (unpaired) electrons. The average molecular weight is 446 g/mol. The van der Waals surface area contributed by atoms with Crippen molar-refractivity contribution in [2.45, 2.75) is 43.3 Å². The molecule has 2 aromatic rings. The number of alkyl halides is 3.